The van der Waals surface area contributed by atoms with E-state index in [-0.39, 0.29) is 5.60 Å². The number of halogens is 1. The van der Waals surface area contributed by atoms with Gasteiger partial charge in [-0.2, -0.15) is 0 Å². The van der Waals surface area contributed by atoms with Gasteiger partial charge < -0.3 is 4.74 Å². The fourth-order valence-electron chi connectivity index (χ4n) is 2.34. The van der Waals surface area contributed by atoms with Gasteiger partial charge in [0.05, 0.1) is 7.95 Å². The van der Waals surface area contributed by atoms with Gasteiger partial charge in [0.2, 0.25) is 0 Å². The van der Waals surface area contributed by atoms with Gasteiger partial charge in [0.25, 0.3) is 0 Å². The van der Waals surface area contributed by atoms with Crippen LogP contribution in [0.5, 0.6) is 0 Å². The van der Waals surface area contributed by atoms with Crippen molar-refractivity contribution in [3.63, 3.8) is 0 Å². The molecule has 0 aliphatic carbocycles. The summed E-state index contributed by atoms with van der Waals surface area (Å²) < 4.78 is 14.7. The topological polar surface area (TPSA) is 12.5 Å². The summed E-state index contributed by atoms with van der Waals surface area (Å²) in [5, 5.41) is 0. The number of rotatable bonds is 0. The van der Waals surface area contributed by atoms with E-state index in [9.17, 15) is 0 Å². The van der Waals surface area contributed by atoms with E-state index in [4.69, 9.17) is 6.11 Å². The molecule has 0 aromatic heterocycles. The fraction of sp³-hybridized carbons (Fsp3) is 0.455. The van der Waals surface area contributed by atoms with Crippen molar-refractivity contribution in [1.82, 2.24) is 4.90 Å². The fourth-order valence-corrected chi connectivity index (χ4v) is 2.70. The highest BCUT2D eigenvalue weighted by Gasteiger charge is 2.48. The molecule has 0 radical (unpaired) electrons. The standard InChI is InChI=1S/C11H12BrNO/c1-13-6-11(7-13)10-4-9(12)3-2-8(10)5-14-11/h2-4H,5-7H2,1H3/i5D. The van der Waals surface area contributed by atoms with Gasteiger partial charge in [-0.1, -0.05) is 22.0 Å². The predicted molar refractivity (Wildman–Crippen MR) is 58.1 cm³/mol. The minimum Gasteiger partial charge on any atom is -0.363 e. The highest BCUT2D eigenvalue weighted by molar-refractivity contribution is 9.10. The summed E-state index contributed by atoms with van der Waals surface area (Å²) >= 11 is 3.47. The summed E-state index contributed by atoms with van der Waals surface area (Å²) in [6, 6.07) is 6.06. The number of likely N-dealkylation sites (tertiary alicyclic amines) is 1. The molecule has 2 nitrogen and oxygen atoms in total. The molecular formula is C11H12BrNO. The van der Waals surface area contributed by atoms with E-state index in [1.54, 1.807) is 0 Å². The van der Waals surface area contributed by atoms with Crippen LogP contribution in [0.3, 0.4) is 0 Å². The van der Waals surface area contributed by atoms with Crippen LogP contribution < -0.4 is 0 Å². The summed E-state index contributed by atoms with van der Waals surface area (Å²) in [7, 11) is 2.07. The van der Waals surface area contributed by atoms with Gasteiger partial charge >= 0.3 is 0 Å². The maximum absolute atomic E-state index is 7.89. The molecule has 3 heteroatoms. The molecule has 1 unspecified atom stereocenters. The van der Waals surface area contributed by atoms with Gasteiger partial charge in [0.15, 0.2) is 0 Å². The molecule has 1 fully saturated rings. The molecule has 0 bridgehead atoms. The number of nitrogens with zero attached hydrogens (tertiary/aromatic N) is 1. The number of likely N-dealkylation sites (N-methyl/N-ethyl adjacent to an activating group) is 1. The van der Waals surface area contributed by atoms with Crippen molar-refractivity contribution in [2.75, 3.05) is 20.1 Å². The summed E-state index contributed by atoms with van der Waals surface area (Å²) in [5.74, 6) is 0. The first kappa shape index (κ1) is 7.85. The van der Waals surface area contributed by atoms with Gasteiger partial charge in [0, 0.05) is 17.6 Å². The molecular weight excluding hydrogens is 242 g/mol. The average molecular weight is 255 g/mol. The molecule has 74 valence electrons. The molecule has 2 heterocycles. The van der Waals surface area contributed by atoms with Crippen LogP contribution >= 0.6 is 15.9 Å². The van der Waals surface area contributed by atoms with Crippen molar-refractivity contribution in [3.8, 4) is 0 Å². The van der Waals surface area contributed by atoms with Crippen LogP contribution in [0.1, 0.15) is 12.5 Å². The van der Waals surface area contributed by atoms with Crippen molar-refractivity contribution in [3.05, 3.63) is 33.8 Å². The second kappa shape index (κ2) is 2.81. The van der Waals surface area contributed by atoms with E-state index < -0.39 is 6.58 Å². The summed E-state index contributed by atoms with van der Waals surface area (Å²) in [6.45, 7) is 1.28. The minimum atomic E-state index is -0.512. The molecule has 1 saturated heterocycles. The molecule has 2 aliphatic rings. The summed E-state index contributed by atoms with van der Waals surface area (Å²) in [5.41, 5.74) is 2.00. The average Bonchev–Trinajstić information content (AvgIpc) is 2.39. The number of benzene rings is 1. The molecule has 1 spiro atoms. The van der Waals surface area contributed by atoms with Crippen molar-refractivity contribution in [2.24, 2.45) is 0 Å². The van der Waals surface area contributed by atoms with Crippen LogP contribution in [-0.4, -0.2) is 25.0 Å². The Morgan fingerprint density at radius 1 is 1.57 bits per heavy atom. The van der Waals surface area contributed by atoms with Crippen LogP contribution in [-0.2, 0) is 16.9 Å². The first-order valence-electron chi connectivity index (χ1n) is 5.27. The van der Waals surface area contributed by atoms with Crippen LogP contribution in [0.2, 0.25) is 0 Å². The van der Waals surface area contributed by atoms with Gasteiger partial charge in [-0.25, -0.2) is 0 Å². The van der Waals surface area contributed by atoms with Gasteiger partial charge in [0.1, 0.15) is 5.60 Å². The van der Waals surface area contributed by atoms with E-state index >= 15 is 0 Å². The maximum Gasteiger partial charge on any atom is 0.119 e. The SMILES string of the molecule is [2H]C1OC2(CN(C)C2)c2cc(Br)ccc21. The lowest BCUT2D eigenvalue weighted by molar-refractivity contribution is -0.132. The zero-order chi connectivity index (χ0) is 10.6. The number of ether oxygens (including phenoxy) is 1. The second-order valence-electron chi connectivity index (χ2n) is 4.13. The molecule has 1 atom stereocenters. The van der Waals surface area contributed by atoms with Crippen molar-refractivity contribution in [2.45, 2.75) is 12.2 Å². The Labute approximate surface area is 93.4 Å². The smallest absolute Gasteiger partial charge is 0.119 e. The lowest BCUT2D eigenvalue weighted by Gasteiger charge is -2.45. The highest BCUT2D eigenvalue weighted by atomic mass is 79.9. The maximum atomic E-state index is 7.89. The predicted octanol–water partition coefficient (Wildman–Crippen LogP) is 2.12. The third kappa shape index (κ3) is 1.09. The molecule has 0 saturated carbocycles. The Bertz CT molecular complexity index is 417. The number of fused-ring (bicyclic) bond motifs is 2. The van der Waals surface area contributed by atoms with E-state index in [0.29, 0.717) is 0 Å². The van der Waals surface area contributed by atoms with E-state index in [1.807, 2.05) is 12.1 Å². The van der Waals surface area contributed by atoms with Crippen LogP contribution in [0.15, 0.2) is 22.7 Å². The third-order valence-corrected chi connectivity index (χ3v) is 3.46. The Morgan fingerprint density at radius 2 is 2.36 bits per heavy atom. The first-order chi connectivity index (χ1) is 7.11. The van der Waals surface area contributed by atoms with Crippen LogP contribution in [0.25, 0.3) is 0 Å². The quantitative estimate of drug-likeness (QED) is 0.704. The largest absolute Gasteiger partial charge is 0.363 e. The molecule has 3 rings (SSSR count). The molecule has 1 aromatic rings. The lowest BCUT2D eigenvalue weighted by Crippen LogP contribution is -2.57. The Balaban J connectivity index is 2.09. The van der Waals surface area contributed by atoms with Gasteiger partial charge in [-0.3, -0.25) is 4.90 Å². The van der Waals surface area contributed by atoms with E-state index in [2.05, 4.69) is 33.9 Å². The molecule has 2 aliphatic heterocycles. The zero-order valence-electron chi connectivity index (χ0n) is 8.96. The first-order valence-corrected chi connectivity index (χ1v) is 5.49. The Kier molecular flexibility index (Phi) is 1.58. The van der Waals surface area contributed by atoms with Gasteiger partial charge in [-0.05, 0) is 30.3 Å². The molecule has 0 amide bonds. The number of hydrogen-bond donors (Lipinski definition) is 0. The third-order valence-electron chi connectivity index (χ3n) is 2.97. The summed E-state index contributed by atoms with van der Waals surface area (Å²) in [6.07, 6.45) is 0. The molecule has 0 N–H and O–H groups in total. The van der Waals surface area contributed by atoms with Crippen LogP contribution in [0, 0.1) is 0 Å². The Hall–Kier alpha value is -0.380. The normalized spacial score (nSPS) is 29.9. The minimum absolute atomic E-state index is 0.208. The van der Waals surface area contributed by atoms with E-state index in [1.165, 1.54) is 5.56 Å². The van der Waals surface area contributed by atoms with Crippen molar-refractivity contribution >= 4 is 15.9 Å². The van der Waals surface area contributed by atoms with Crippen molar-refractivity contribution < 1.29 is 6.11 Å². The van der Waals surface area contributed by atoms with Gasteiger partial charge in [-0.15, -0.1) is 0 Å². The Morgan fingerprint density at radius 3 is 3.07 bits per heavy atom. The van der Waals surface area contributed by atoms with Crippen molar-refractivity contribution in [1.29, 1.82) is 0 Å². The monoisotopic (exact) mass is 254 g/mol. The lowest BCUT2D eigenvalue weighted by atomic mass is 9.86. The highest BCUT2D eigenvalue weighted by Crippen LogP contribution is 2.43. The zero-order valence-corrected chi connectivity index (χ0v) is 9.54. The second-order valence-corrected chi connectivity index (χ2v) is 5.05. The molecule has 1 aromatic carbocycles. The number of hydrogen-bond acceptors (Lipinski definition) is 2. The van der Waals surface area contributed by atoms with E-state index in [0.717, 1.165) is 23.1 Å². The summed E-state index contributed by atoms with van der Waals surface area (Å²) in [4.78, 5) is 2.21. The van der Waals surface area contributed by atoms with Crippen LogP contribution in [0.4, 0.5) is 0 Å². The molecule has 14 heavy (non-hydrogen) atoms.